The van der Waals surface area contributed by atoms with Crippen LogP contribution in [0.1, 0.15) is 31.7 Å². The number of benzene rings is 1. The Morgan fingerprint density at radius 1 is 1.35 bits per heavy atom. The van der Waals surface area contributed by atoms with E-state index in [0.717, 1.165) is 29.4 Å². The number of hydrogen-bond donors (Lipinski definition) is 0. The molecule has 0 bridgehead atoms. The topological polar surface area (TPSA) is 57.0 Å². The molecule has 1 saturated carbocycles. The molecule has 0 unspecified atom stereocenters. The molecule has 0 atom stereocenters. The van der Waals surface area contributed by atoms with E-state index in [0.29, 0.717) is 11.1 Å². The molecule has 2 aromatic rings. The first-order chi connectivity index (χ1) is 11.2. The maximum Gasteiger partial charge on any atom is 0.316 e. The molecule has 0 radical (unpaired) electrons. The highest BCUT2D eigenvalue weighted by Gasteiger charge is 2.26. The number of ether oxygens (including phenoxy) is 1. The zero-order valence-corrected chi connectivity index (χ0v) is 14.4. The van der Waals surface area contributed by atoms with Crippen molar-refractivity contribution in [2.75, 3.05) is 12.9 Å². The van der Waals surface area contributed by atoms with Crippen LogP contribution in [0.15, 0.2) is 29.4 Å². The fourth-order valence-corrected chi connectivity index (χ4v) is 3.93. The van der Waals surface area contributed by atoms with Gasteiger partial charge in [0.2, 0.25) is 0 Å². The lowest BCUT2D eigenvalue weighted by molar-refractivity contribution is -0.137. The summed E-state index contributed by atoms with van der Waals surface area (Å²) in [6, 6.07) is 8.00. The minimum atomic E-state index is -0.268. The molecular formula is C16H18ClN3O2S. The van der Waals surface area contributed by atoms with Gasteiger partial charge >= 0.3 is 5.97 Å². The third kappa shape index (κ3) is 3.53. The Hall–Kier alpha value is -1.53. The van der Waals surface area contributed by atoms with Gasteiger partial charge in [-0.2, -0.15) is 0 Å². The van der Waals surface area contributed by atoms with Crippen LogP contribution in [-0.2, 0) is 9.53 Å². The Bertz CT molecular complexity index is 698. The SMILES string of the molecule is COC(=O)CSc1nnc(-c2ccccc2Cl)n1C1CCCC1. The molecule has 0 amide bonds. The Morgan fingerprint density at radius 2 is 2.09 bits per heavy atom. The van der Waals surface area contributed by atoms with Crippen LogP contribution in [0.25, 0.3) is 11.4 Å². The molecule has 0 N–H and O–H groups in total. The number of carbonyl (C=O) groups excluding carboxylic acids is 1. The van der Waals surface area contributed by atoms with Crippen LogP contribution in [0.2, 0.25) is 5.02 Å². The number of aromatic nitrogens is 3. The van der Waals surface area contributed by atoms with Gasteiger partial charge in [-0.1, -0.05) is 48.3 Å². The van der Waals surface area contributed by atoms with Gasteiger partial charge in [0, 0.05) is 11.6 Å². The first-order valence-electron chi connectivity index (χ1n) is 7.60. The molecule has 3 rings (SSSR count). The van der Waals surface area contributed by atoms with Crippen LogP contribution in [-0.4, -0.2) is 33.6 Å². The van der Waals surface area contributed by atoms with Crippen molar-refractivity contribution in [3.05, 3.63) is 29.3 Å². The lowest BCUT2D eigenvalue weighted by atomic mass is 10.2. The van der Waals surface area contributed by atoms with E-state index in [9.17, 15) is 4.79 Å². The fourth-order valence-electron chi connectivity index (χ4n) is 2.88. The molecular weight excluding hydrogens is 334 g/mol. The van der Waals surface area contributed by atoms with E-state index in [1.54, 1.807) is 0 Å². The quantitative estimate of drug-likeness (QED) is 0.602. The monoisotopic (exact) mass is 351 g/mol. The number of carbonyl (C=O) groups is 1. The summed E-state index contributed by atoms with van der Waals surface area (Å²) >= 11 is 7.69. The molecule has 7 heteroatoms. The molecule has 1 aliphatic rings. The van der Waals surface area contributed by atoms with Crippen LogP contribution in [0.5, 0.6) is 0 Å². The lowest BCUT2D eigenvalue weighted by Crippen LogP contribution is -2.10. The third-order valence-electron chi connectivity index (χ3n) is 4.02. The standard InChI is InChI=1S/C16H18ClN3O2S/c1-22-14(21)10-23-16-19-18-15(12-8-4-5-9-13(12)17)20(16)11-6-2-3-7-11/h4-5,8-9,11H,2-3,6-7,10H2,1H3. The average Bonchev–Trinajstić information content (AvgIpc) is 3.22. The van der Waals surface area contributed by atoms with E-state index in [-0.39, 0.29) is 11.7 Å². The molecule has 1 aromatic heterocycles. The van der Waals surface area contributed by atoms with Gasteiger partial charge in [-0.3, -0.25) is 9.36 Å². The number of nitrogens with zero attached hydrogens (tertiary/aromatic N) is 3. The molecule has 0 saturated heterocycles. The summed E-state index contributed by atoms with van der Waals surface area (Å²) in [5.74, 6) is 0.731. The van der Waals surface area contributed by atoms with Crippen molar-refractivity contribution in [3.63, 3.8) is 0 Å². The van der Waals surface area contributed by atoms with Crippen molar-refractivity contribution in [1.82, 2.24) is 14.8 Å². The third-order valence-corrected chi connectivity index (χ3v) is 5.26. The summed E-state index contributed by atoms with van der Waals surface area (Å²) in [7, 11) is 1.39. The van der Waals surface area contributed by atoms with Gasteiger partial charge < -0.3 is 4.74 Å². The summed E-state index contributed by atoms with van der Waals surface area (Å²) in [6.07, 6.45) is 4.60. The van der Waals surface area contributed by atoms with Gasteiger partial charge in [-0.05, 0) is 25.0 Å². The second-order valence-electron chi connectivity index (χ2n) is 5.46. The fraction of sp³-hybridized carbons (Fsp3) is 0.438. The minimum absolute atomic E-state index is 0.226. The van der Waals surface area contributed by atoms with Crippen LogP contribution in [0.4, 0.5) is 0 Å². The number of thioether (sulfide) groups is 1. The normalized spacial score (nSPS) is 15.0. The number of rotatable bonds is 5. The van der Waals surface area contributed by atoms with Gasteiger partial charge in [-0.15, -0.1) is 10.2 Å². The first-order valence-corrected chi connectivity index (χ1v) is 8.96. The number of halogens is 1. The van der Waals surface area contributed by atoms with Crippen molar-refractivity contribution in [2.45, 2.75) is 36.9 Å². The molecule has 5 nitrogen and oxygen atoms in total. The van der Waals surface area contributed by atoms with E-state index < -0.39 is 0 Å². The van der Waals surface area contributed by atoms with Gasteiger partial charge in [-0.25, -0.2) is 0 Å². The van der Waals surface area contributed by atoms with Gasteiger partial charge in [0.05, 0.1) is 17.9 Å². The highest BCUT2D eigenvalue weighted by molar-refractivity contribution is 7.99. The maximum absolute atomic E-state index is 11.4. The summed E-state index contributed by atoms with van der Waals surface area (Å²) < 4.78 is 6.85. The zero-order chi connectivity index (χ0) is 16.2. The van der Waals surface area contributed by atoms with Crippen molar-refractivity contribution in [1.29, 1.82) is 0 Å². The highest BCUT2D eigenvalue weighted by atomic mass is 35.5. The predicted octanol–water partition coefficient (Wildman–Crippen LogP) is 3.98. The maximum atomic E-state index is 11.4. The smallest absolute Gasteiger partial charge is 0.316 e. The van der Waals surface area contributed by atoms with Gasteiger partial charge in [0.25, 0.3) is 0 Å². The van der Waals surface area contributed by atoms with E-state index in [1.807, 2.05) is 24.3 Å². The van der Waals surface area contributed by atoms with E-state index in [1.165, 1.54) is 31.7 Å². The first kappa shape index (κ1) is 16.3. The Balaban J connectivity index is 1.97. The molecule has 1 heterocycles. The van der Waals surface area contributed by atoms with Gasteiger partial charge in [0.1, 0.15) is 0 Å². The zero-order valence-electron chi connectivity index (χ0n) is 12.9. The van der Waals surface area contributed by atoms with Crippen molar-refractivity contribution in [2.24, 2.45) is 0 Å². The van der Waals surface area contributed by atoms with Gasteiger partial charge in [0.15, 0.2) is 11.0 Å². The van der Waals surface area contributed by atoms with Crippen LogP contribution < -0.4 is 0 Å². The Labute approximate surface area is 144 Å². The van der Waals surface area contributed by atoms with Crippen molar-refractivity contribution < 1.29 is 9.53 Å². The molecule has 1 fully saturated rings. The van der Waals surface area contributed by atoms with E-state index in [2.05, 4.69) is 14.8 Å². The van der Waals surface area contributed by atoms with Crippen LogP contribution in [0, 0.1) is 0 Å². The van der Waals surface area contributed by atoms with Crippen molar-refractivity contribution >= 4 is 29.3 Å². The number of methoxy groups -OCH3 is 1. The predicted molar refractivity (Wildman–Crippen MR) is 90.7 cm³/mol. The van der Waals surface area contributed by atoms with Crippen molar-refractivity contribution in [3.8, 4) is 11.4 Å². The molecule has 0 aliphatic heterocycles. The lowest BCUT2D eigenvalue weighted by Gasteiger charge is -2.17. The van der Waals surface area contributed by atoms with E-state index >= 15 is 0 Å². The summed E-state index contributed by atoms with van der Waals surface area (Å²) in [5.41, 5.74) is 0.874. The molecule has 1 aliphatic carbocycles. The summed E-state index contributed by atoms with van der Waals surface area (Å²) in [6.45, 7) is 0. The van der Waals surface area contributed by atoms with Crippen LogP contribution in [0.3, 0.4) is 0 Å². The molecule has 23 heavy (non-hydrogen) atoms. The molecule has 0 spiro atoms. The minimum Gasteiger partial charge on any atom is -0.468 e. The summed E-state index contributed by atoms with van der Waals surface area (Å²) in [4.78, 5) is 11.4. The second-order valence-corrected chi connectivity index (χ2v) is 6.81. The summed E-state index contributed by atoms with van der Waals surface area (Å²) in [5, 5.41) is 10.0. The molecule has 1 aromatic carbocycles. The number of esters is 1. The largest absolute Gasteiger partial charge is 0.468 e. The average molecular weight is 352 g/mol. The highest BCUT2D eigenvalue weighted by Crippen LogP contribution is 2.38. The Morgan fingerprint density at radius 3 is 2.78 bits per heavy atom. The second kappa shape index (κ2) is 7.36. The van der Waals surface area contributed by atoms with E-state index in [4.69, 9.17) is 16.3 Å². The molecule has 122 valence electrons. The number of hydrogen-bond acceptors (Lipinski definition) is 5. The van der Waals surface area contributed by atoms with Crippen LogP contribution >= 0.6 is 23.4 Å². The Kier molecular flexibility index (Phi) is 5.23.